The van der Waals surface area contributed by atoms with Crippen LogP contribution in [0.1, 0.15) is 26.3 Å². The van der Waals surface area contributed by atoms with Crippen LogP contribution in [0.4, 0.5) is 4.79 Å². The zero-order chi connectivity index (χ0) is 16.5. The van der Waals surface area contributed by atoms with Crippen molar-refractivity contribution in [2.75, 3.05) is 6.54 Å². The van der Waals surface area contributed by atoms with Crippen molar-refractivity contribution < 1.29 is 22.7 Å². The summed E-state index contributed by atoms with van der Waals surface area (Å²) in [5.74, 6) is -0.658. The quantitative estimate of drug-likeness (QED) is 0.822. The zero-order valence-electron chi connectivity index (χ0n) is 12.6. The topological polar surface area (TPSA) is 84.0 Å². The Hall–Kier alpha value is -2.09. The fraction of sp³-hybridized carbons (Fsp3) is 0.429. The molecule has 0 N–H and O–H groups in total. The lowest BCUT2D eigenvalue weighted by atomic mass is 10.2. The number of carbonyl (C=O) groups excluding carboxylic acids is 2. The third kappa shape index (κ3) is 3.38. The van der Waals surface area contributed by atoms with Gasteiger partial charge in [-0.3, -0.25) is 4.79 Å². The fourth-order valence-electron chi connectivity index (χ4n) is 1.92. The lowest BCUT2D eigenvalue weighted by Gasteiger charge is -2.23. The van der Waals surface area contributed by atoms with Crippen LogP contribution in [0.15, 0.2) is 30.3 Å². The van der Waals surface area contributed by atoms with Crippen LogP contribution in [-0.2, 0) is 26.3 Å². The number of nitrogens with zero attached hydrogens (tertiary/aromatic N) is 2. The minimum Gasteiger partial charge on any atom is -0.443 e. The van der Waals surface area contributed by atoms with Gasteiger partial charge in [-0.25, -0.2) is 9.10 Å². The predicted molar refractivity (Wildman–Crippen MR) is 78.9 cm³/mol. The van der Waals surface area contributed by atoms with Crippen LogP contribution in [-0.4, -0.2) is 41.2 Å². The first-order valence-corrected chi connectivity index (χ1v) is 8.11. The number of benzene rings is 1. The Labute approximate surface area is 129 Å². The van der Waals surface area contributed by atoms with E-state index < -0.39 is 34.4 Å². The standard InChI is InChI=1S/C14H18N2O5S/c1-14(2,3)21-13(18)16-10-12(17)15(22(16,19)20)9-11-7-5-4-6-8-11/h4-8H,9-10H2,1-3H3. The summed E-state index contributed by atoms with van der Waals surface area (Å²) >= 11 is 0. The van der Waals surface area contributed by atoms with Crippen molar-refractivity contribution in [2.45, 2.75) is 32.9 Å². The summed E-state index contributed by atoms with van der Waals surface area (Å²) in [7, 11) is -4.20. The number of hydrogen-bond donors (Lipinski definition) is 0. The van der Waals surface area contributed by atoms with Crippen LogP contribution in [0.2, 0.25) is 0 Å². The first kappa shape index (κ1) is 16.3. The Morgan fingerprint density at radius 1 is 1.23 bits per heavy atom. The molecule has 0 aromatic heterocycles. The molecule has 120 valence electrons. The molecule has 0 bridgehead atoms. The Bertz CT molecular complexity index is 679. The minimum atomic E-state index is -4.20. The molecule has 0 aliphatic carbocycles. The molecule has 1 aromatic carbocycles. The molecule has 0 saturated carbocycles. The third-order valence-corrected chi connectivity index (χ3v) is 4.61. The smallest absolute Gasteiger partial charge is 0.425 e. The minimum absolute atomic E-state index is 0.110. The molecule has 1 heterocycles. The van der Waals surface area contributed by atoms with Gasteiger partial charge >= 0.3 is 16.3 Å². The van der Waals surface area contributed by atoms with Crippen molar-refractivity contribution in [3.8, 4) is 0 Å². The van der Waals surface area contributed by atoms with E-state index in [-0.39, 0.29) is 6.54 Å². The molecule has 0 atom stereocenters. The average Bonchev–Trinajstić information content (AvgIpc) is 2.61. The van der Waals surface area contributed by atoms with Crippen molar-refractivity contribution in [3.05, 3.63) is 35.9 Å². The van der Waals surface area contributed by atoms with Gasteiger partial charge in [0.15, 0.2) is 0 Å². The van der Waals surface area contributed by atoms with E-state index in [0.29, 0.717) is 14.2 Å². The van der Waals surface area contributed by atoms with Crippen LogP contribution < -0.4 is 0 Å². The lowest BCUT2D eigenvalue weighted by Crippen LogP contribution is -2.40. The zero-order valence-corrected chi connectivity index (χ0v) is 13.5. The highest BCUT2D eigenvalue weighted by molar-refractivity contribution is 7.88. The molecule has 22 heavy (non-hydrogen) atoms. The third-order valence-electron chi connectivity index (χ3n) is 2.88. The van der Waals surface area contributed by atoms with Crippen LogP contribution in [0.5, 0.6) is 0 Å². The second-order valence-corrected chi connectivity index (χ2v) is 7.66. The van der Waals surface area contributed by atoms with Gasteiger partial charge < -0.3 is 4.74 Å². The summed E-state index contributed by atoms with van der Waals surface area (Å²) in [6.45, 7) is 4.22. The molecular weight excluding hydrogens is 308 g/mol. The molecule has 0 unspecified atom stereocenters. The highest BCUT2D eigenvalue weighted by atomic mass is 32.2. The highest BCUT2D eigenvalue weighted by Gasteiger charge is 2.46. The average molecular weight is 326 g/mol. The van der Waals surface area contributed by atoms with E-state index in [0.717, 1.165) is 0 Å². The van der Waals surface area contributed by atoms with Crippen molar-refractivity contribution in [1.82, 2.24) is 8.61 Å². The molecule has 7 nitrogen and oxygen atoms in total. The molecule has 2 rings (SSSR count). The Kier molecular flexibility index (Phi) is 4.15. The van der Waals surface area contributed by atoms with E-state index in [2.05, 4.69) is 0 Å². The van der Waals surface area contributed by atoms with E-state index in [4.69, 9.17) is 4.74 Å². The number of ether oxygens (including phenoxy) is 1. The van der Waals surface area contributed by atoms with Gasteiger partial charge in [0, 0.05) is 0 Å². The summed E-state index contributed by atoms with van der Waals surface area (Å²) in [6, 6.07) is 8.69. The molecule has 0 radical (unpaired) electrons. The van der Waals surface area contributed by atoms with Crippen LogP contribution in [0.25, 0.3) is 0 Å². The molecular formula is C14H18N2O5S. The summed E-state index contributed by atoms with van der Waals surface area (Å²) in [6.07, 6.45) is -1.04. The summed E-state index contributed by atoms with van der Waals surface area (Å²) in [5, 5.41) is 0. The van der Waals surface area contributed by atoms with Gasteiger partial charge in [-0.2, -0.15) is 12.7 Å². The van der Waals surface area contributed by atoms with E-state index >= 15 is 0 Å². The molecule has 1 saturated heterocycles. The van der Waals surface area contributed by atoms with Crippen molar-refractivity contribution >= 4 is 22.2 Å². The fourth-order valence-corrected chi connectivity index (χ4v) is 3.29. The maximum atomic E-state index is 12.4. The van der Waals surface area contributed by atoms with E-state index in [9.17, 15) is 18.0 Å². The monoisotopic (exact) mass is 326 g/mol. The lowest BCUT2D eigenvalue weighted by molar-refractivity contribution is -0.125. The second-order valence-electron chi connectivity index (χ2n) is 5.88. The van der Waals surface area contributed by atoms with E-state index in [1.54, 1.807) is 51.1 Å². The summed E-state index contributed by atoms with van der Waals surface area (Å²) in [5.41, 5.74) is -0.187. The molecule has 1 aliphatic rings. The first-order chi connectivity index (χ1) is 10.1. The van der Waals surface area contributed by atoms with Gasteiger partial charge in [-0.15, -0.1) is 0 Å². The number of amides is 2. The normalized spacial score (nSPS) is 17.7. The Morgan fingerprint density at radius 2 is 1.82 bits per heavy atom. The van der Waals surface area contributed by atoms with Crippen molar-refractivity contribution in [1.29, 1.82) is 0 Å². The molecule has 2 amide bonds. The van der Waals surface area contributed by atoms with E-state index in [1.807, 2.05) is 0 Å². The molecule has 1 fully saturated rings. The predicted octanol–water partition coefficient (Wildman–Crippen LogP) is 1.51. The molecule has 0 spiro atoms. The van der Waals surface area contributed by atoms with E-state index in [1.165, 1.54) is 0 Å². The van der Waals surface area contributed by atoms with Crippen LogP contribution >= 0.6 is 0 Å². The number of hydrogen-bond acceptors (Lipinski definition) is 5. The number of rotatable bonds is 2. The SMILES string of the molecule is CC(C)(C)OC(=O)N1CC(=O)N(Cc2ccccc2)S1(=O)=O. The van der Waals surface area contributed by atoms with Crippen molar-refractivity contribution in [2.24, 2.45) is 0 Å². The molecule has 8 heteroatoms. The summed E-state index contributed by atoms with van der Waals surface area (Å²) in [4.78, 5) is 23.9. The van der Waals surface area contributed by atoms with Crippen molar-refractivity contribution in [3.63, 3.8) is 0 Å². The van der Waals surface area contributed by atoms with Crippen LogP contribution in [0.3, 0.4) is 0 Å². The van der Waals surface area contributed by atoms with Gasteiger partial charge in [0.25, 0.3) is 5.91 Å². The van der Waals surface area contributed by atoms with Gasteiger partial charge in [-0.1, -0.05) is 30.3 Å². The molecule has 1 aliphatic heterocycles. The first-order valence-electron chi connectivity index (χ1n) is 6.71. The molecule has 1 aromatic rings. The van der Waals surface area contributed by atoms with Crippen LogP contribution in [0, 0.1) is 0 Å². The Morgan fingerprint density at radius 3 is 2.36 bits per heavy atom. The van der Waals surface area contributed by atoms with Gasteiger partial charge in [0.05, 0.1) is 6.54 Å². The number of carbonyl (C=O) groups is 2. The maximum absolute atomic E-state index is 12.4. The largest absolute Gasteiger partial charge is 0.443 e. The second kappa shape index (κ2) is 5.60. The summed E-state index contributed by atoms with van der Waals surface area (Å²) < 4.78 is 30.9. The van der Waals surface area contributed by atoms with Gasteiger partial charge in [0.1, 0.15) is 12.1 Å². The maximum Gasteiger partial charge on any atom is 0.425 e. The highest BCUT2D eigenvalue weighted by Crippen LogP contribution is 2.23. The van der Waals surface area contributed by atoms with Gasteiger partial charge in [-0.05, 0) is 26.3 Å². The van der Waals surface area contributed by atoms with Gasteiger partial charge in [0.2, 0.25) is 0 Å². The Balaban J connectivity index is 2.21.